The molecule has 5 nitrogen and oxygen atoms in total. The van der Waals surface area contributed by atoms with Gasteiger partial charge < -0.3 is 0 Å². The zero-order valence-corrected chi connectivity index (χ0v) is 15.1. The fourth-order valence-corrected chi connectivity index (χ4v) is 4.34. The smallest absolute Gasteiger partial charge is 0.156 e. The van der Waals surface area contributed by atoms with Crippen LogP contribution in [0.15, 0.2) is 60.4 Å². The number of rotatable bonds is 4. The van der Waals surface area contributed by atoms with Crippen LogP contribution >= 0.6 is 11.3 Å². The molecule has 0 spiro atoms. The summed E-state index contributed by atoms with van der Waals surface area (Å²) >= 11 is 1.83. The summed E-state index contributed by atoms with van der Waals surface area (Å²) < 4.78 is 1.91. The van der Waals surface area contributed by atoms with E-state index >= 15 is 0 Å². The molecule has 0 radical (unpaired) electrons. The average Bonchev–Trinajstić information content (AvgIpc) is 3.42. The second-order valence-electron chi connectivity index (χ2n) is 6.73. The Morgan fingerprint density at radius 2 is 2.00 bits per heavy atom. The molecule has 5 rings (SSSR count). The molecule has 0 N–H and O–H groups in total. The molecule has 1 fully saturated rings. The lowest BCUT2D eigenvalue weighted by Gasteiger charge is -2.13. The third kappa shape index (κ3) is 3.02. The number of nitrogens with zero attached hydrogens (tertiary/aromatic N) is 5. The lowest BCUT2D eigenvalue weighted by molar-refractivity contribution is 0.328. The molecule has 1 aliphatic rings. The van der Waals surface area contributed by atoms with Crippen molar-refractivity contribution < 1.29 is 0 Å². The highest BCUT2D eigenvalue weighted by Gasteiger charge is 2.27. The highest BCUT2D eigenvalue weighted by molar-refractivity contribution is 7.09. The van der Waals surface area contributed by atoms with E-state index in [1.165, 1.54) is 4.88 Å². The van der Waals surface area contributed by atoms with Gasteiger partial charge >= 0.3 is 0 Å². The van der Waals surface area contributed by atoms with E-state index in [1.54, 1.807) is 0 Å². The van der Waals surface area contributed by atoms with Gasteiger partial charge in [-0.15, -0.1) is 11.3 Å². The number of fused-ring (bicyclic) bond motifs is 1. The molecule has 26 heavy (non-hydrogen) atoms. The molecule has 0 aliphatic carbocycles. The third-order valence-corrected chi connectivity index (χ3v) is 5.82. The Hall–Kier alpha value is -2.57. The van der Waals surface area contributed by atoms with Crippen LogP contribution in [0.3, 0.4) is 0 Å². The molecule has 1 aliphatic heterocycles. The predicted molar refractivity (Wildman–Crippen MR) is 103 cm³/mol. The average molecular weight is 361 g/mol. The lowest BCUT2D eigenvalue weighted by atomic mass is 10.1. The largest absolute Gasteiger partial charge is 0.298 e. The van der Waals surface area contributed by atoms with Gasteiger partial charge in [0.1, 0.15) is 0 Å². The van der Waals surface area contributed by atoms with E-state index in [0.717, 1.165) is 48.7 Å². The second kappa shape index (κ2) is 6.63. The van der Waals surface area contributed by atoms with Gasteiger partial charge in [-0.2, -0.15) is 5.10 Å². The van der Waals surface area contributed by atoms with Gasteiger partial charge in [0.2, 0.25) is 0 Å². The van der Waals surface area contributed by atoms with Crippen molar-refractivity contribution in [3.63, 3.8) is 0 Å². The van der Waals surface area contributed by atoms with Crippen molar-refractivity contribution in [1.82, 2.24) is 24.5 Å². The highest BCUT2D eigenvalue weighted by Crippen LogP contribution is 2.28. The Balaban J connectivity index is 1.36. The van der Waals surface area contributed by atoms with Gasteiger partial charge in [0.05, 0.1) is 0 Å². The van der Waals surface area contributed by atoms with E-state index in [0.29, 0.717) is 5.92 Å². The van der Waals surface area contributed by atoms with Crippen LogP contribution in [0, 0.1) is 0 Å². The first-order valence-electron chi connectivity index (χ1n) is 8.86. The minimum Gasteiger partial charge on any atom is -0.298 e. The first-order chi connectivity index (χ1) is 12.8. The van der Waals surface area contributed by atoms with Gasteiger partial charge in [-0.25, -0.2) is 9.50 Å². The maximum Gasteiger partial charge on any atom is 0.156 e. The summed E-state index contributed by atoms with van der Waals surface area (Å²) in [4.78, 5) is 12.8. The van der Waals surface area contributed by atoms with Crippen LogP contribution in [-0.2, 0) is 6.54 Å². The van der Waals surface area contributed by atoms with Crippen molar-refractivity contribution in [2.75, 3.05) is 13.1 Å². The summed E-state index contributed by atoms with van der Waals surface area (Å²) in [6.45, 7) is 3.18. The van der Waals surface area contributed by atoms with Crippen LogP contribution in [0.4, 0.5) is 0 Å². The van der Waals surface area contributed by atoms with E-state index in [4.69, 9.17) is 10.1 Å². The summed E-state index contributed by atoms with van der Waals surface area (Å²) in [5.41, 5.74) is 3.18. The molecular formula is C20H19N5S. The molecule has 0 aromatic carbocycles. The molecule has 5 heterocycles. The Kier molecular flexibility index (Phi) is 3.99. The summed E-state index contributed by atoms with van der Waals surface area (Å²) in [6, 6.07) is 12.5. The monoisotopic (exact) mass is 361 g/mol. The fraction of sp³-hybridized carbons (Fsp3) is 0.250. The normalized spacial score (nSPS) is 17.9. The van der Waals surface area contributed by atoms with Gasteiger partial charge in [-0.1, -0.05) is 6.07 Å². The fourth-order valence-electron chi connectivity index (χ4n) is 3.60. The number of aromatic nitrogens is 4. The molecule has 1 atom stereocenters. The first kappa shape index (κ1) is 15.7. The van der Waals surface area contributed by atoms with Gasteiger partial charge in [-0.05, 0) is 54.2 Å². The molecule has 4 aromatic heterocycles. The maximum atomic E-state index is 4.78. The SMILES string of the molecule is c1csc(CN2CC[C@@H](c3nc4ccc(-c5ccncc5)cn4n3)C2)c1. The molecule has 1 saturated heterocycles. The van der Waals surface area contributed by atoms with Gasteiger partial charge in [0.15, 0.2) is 11.5 Å². The van der Waals surface area contributed by atoms with Crippen LogP contribution in [0.1, 0.15) is 23.0 Å². The predicted octanol–water partition coefficient (Wildman–Crippen LogP) is 3.84. The van der Waals surface area contributed by atoms with Crippen molar-refractivity contribution in [2.24, 2.45) is 0 Å². The molecule has 4 aromatic rings. The van der Waals surface area contributed by atoms with Crippen molar-refractivity contribution in [3.8, 4) is 11.1 Å². The lowest BCUT2D eigenvalue weighted by Crippen LogP contribution is -2.19. The number of likely N-dealkylation sites (tertiary alicyclic amines) is 1. The Bertz CT molecular complexity index is 1010. The van der Waals surface area contributed by atoms with Gasteiger partial charge in [0.25, 0.3) is 0 Å². The molecule has 0 bridgehead atoms. The zero-order chi connectivity index (χ0) is 17.3. The van der Waals surface area contributed by atoms with E-state index in [1.807, 2.05) is 46.4 Å². The molecule has 130 valence electrons. The molecule has 0 unspecified atom stereocenters. The molecule has 0 saturated carbocycles. The maximum absolute atomic E-state index is 4.78. The summed E-state index contributed by atoms with van der Waals surface area (Å²) in [7, 11) is 0. The quantitative estimate of drug-likeness (QED) is 0.554. The van der Waals surface area contributed by atoms with E-state index in [-0.39, 0.29) is 0 Å². The van der Waals surface area contributed by atoms with Crippen LogP contribution in [-0.4, -0.2) is 37.6 Å². The van der Waals surface area contributed by atoms with E-state index < -0.39 is 0 Å². The minimum atomic E-state index is 0.416. The van der Waals surface area contributed by atoms with Crippen LogP contribution in [0.25, 0.3) is 16.8 Å². The number of hydrogen-bond acceptors (Lipinski definition) is 5. The Morgan fingerprint density at radius 1 is 1.08 bits per heavy atom. The second-order valence-corrected chi connectivity index (χ2v) is 7.76. The number of thiophene rings is 1. The molecule has 0 amide bonds. The van der Waals surface area contributed by atoms with Crippen molar-refractivity contribution in [3.05, 3.63) is 71.1 Å². The Labute approximate surface area is 156 Å². The van der Waals surface area contributed by atoms with Crippen molar-refractivity contribution in [2.45, 2.75) is 18.9 Å². The van der Waals surface area contributed by atoms with Crippen LogP contribution < -0.4 is 0 Å². The zero-order valence-electron chi connectivity index (χ0n) is 14.3. The third-order valence-electron chi connectivity index (χ3n) is 4.96. The van der Waals surface area contributed by atoms with Gasteiger partial charge in [-0.3, -0.25) is 9.88 Å². The topological polar surface area (TPSA) is 46.3 Å². The standard InChI is InChI=1S/C20H19N5S/c1-2-18(26-11-1)14-24-10-7-17(12-24)20-22-19-4-3-16(13-25(19)23-20)15-5-8-21-9-6-15/h1-6,8-9,11,13,17H,7,10,12,14H2/t17-/m1/s1. The number of hydrogen-bond donors (Lipinski definition) is 0. The molecular weight excluding hydrogens is 342 g/mol. The van der Waals surface area contributed by atoms with Gasteiger partial charge in [0, 0.05) is 48.0 Å². The van der Waals surface area contributed by atoms with Crippen molar-refractivity contribution in [1.29, 1.82) is 0 Å². The molecule has 6 heteroatoms. The number of pyridine rings is 2. The Morgan fingerprint density at radius 3 is 2.85 bits per heavy atom. The van der Waals surface area contributed by atoms with Crippen molar-refractivity contribution >= 4 is 17.0 Å². The highest BCUT2D eigenvalue weighted by atomic mass is 32.1. The van der Waals surface area contributed by atoms with E-state index in [2.05, 4.69) is 39.7 Å². The summed E-state index contributed by atoms with van der Waals surface area (Å²) in [5, 5.41) is 6.92. The first-order valence-corrected chi connectivity index (χ1v) is 9.74. The minimum absolute atomic E-state index is 0.416. The van der Waals surface area contributed by atoms with E-state index in [9.17, 15) is 0 Å². The summed E-state index contributed by atoms with van der Waals surface area (Å²) in [5.74, 6) is 1.38. The summed E-state index contributed by atoms with van der Waals surface area (Å²) in [6.07, 6.45) is 6.80. The van der Waals surface area contributed by atoms with Crippen LogP contribution in [0.5, 0.6) is 0 Å². The van der Waals surface area contributed by atoms with Crippen LogP contribution in [0.2, 0.25) is 0 Å².